The summed E-state index contributed by atoms with van der Waals surface area (Å²) < 4.78 is 13.1. The fraction of sp³-hybridized carbons (Fsp3) is 0.292. The van der Waals surface area contributed by atoms with Crippen molar-refractivity contribution in [2.45, 2.75) is 39.4 Å². The van der Waals surface area contributed by atoms with E-state index in [-0.39, 0.29) is 0 Å². The lowest BCUT2D eigenvalue weighted by atomic mass is 9.91. The summed E-state index contributed by atoms with van der Waals surface area (Å²) in [4.78, 5) is 22.3. The summed E-state index contributed by atoms with van der Waals surface area (Å²) in [5.74, 6) is -0.448. The first-order chi connectivity index (χ1) is 15.6. The van der Waals surface area contributed by atoms with Crippen LogP contribution in [0.15, 0.2) is 40.3 Å². The molecule has 0 aliphatic rings. The first-order valence-electron chi connectivity index (χ1n) is 10.1. The van der Waals surface area contributed by atoms with E-state index in [0.717, 1.165) is 47.1 Å². The number of nitrogens with zero attached hydrogens (tertiary/aromatic N) is 2. The zero-order valence-electron chi connectivity index (χ0n) is 18.7. The zero-order chi connectivity index (χ0) is 23.9. The number of carbonyl (C=O) groups excluding carboxylic acids is 1. The van der Waals surface area contributed by atoms with Gasteiger partial charge < -0.3 is 9.47 Å². The van der Waals surface area contributed by atoms with Crippen molar-refractivity contribution in [2.75, 3.05) is 7.11 Å². The number of fused-ring (bicyclic) bond motifs is 1. The molecule has 9 heteroatoms. The Balaban J connectivity index is 2.04. The Morgan fingerprint density at radius 2 is 1.85 bits per heavy atom. The number of halogens is 2. The standard InChI is InChI=1S/C24H22BrClN2O3S2/c1-12-10-15-20(33-22(27-15)21-28-16(25)11-32-21)18(13-6-8-14(26)9-7-13)17(12)19(23(29)30-5)31-24(2,3)4/h6-11,19H,1-5H3. The number of thiazole rings is 2. The third-order valence-corrected chi connectivity index (χ3v) is 7.90. The lowest BCUT2D eigenvalue weighted by Gasteiger charge is -2.28. The molecule has 5 nitrogen and oxygen atoms in total. The molecule has 0 saturated carbocycles. The molecule has 4 rings (SSSR count). The van der Waals surface area contributed by atoms with Crippen LogP contribution in [0.4, 0.5) is 0 Å². The van der Waals surface area contributed by atoms with Gasteiger partial charge in [-0.3, -0.25) is 0 Å². The minimum Gasteiger partial charge on any atom is -0.467 e. The monoisotopic (exact) mass is 564 g/mol. The van der Waals surface area contributed by atoms with E-state index in [4.69, 9.17) is 26.1 Å². The molecule has 0 N–H and O–H groups in total. The fourth-order valence-corrected chi connectivity index (χ4v) is 6.12. The molecule has 172 valence electrons. The molecule has 0 amide bonds. The molecule has 1 unspecified atom stereocenters. The number of rotatable bonds is 5. The third kappa shape index (κ3) is 5.15. The van der Waals surface area contributed by atoms with E-state index in [1.165, 1.54) is 18.4 Å². The molecule has 0 radical (unpaired) electrons. The SMILES string of the molecule is COC(=O)C(OC(C)(C)C)c1c(C)cc2nc(-c3nc(Br)cs3)sc2c1-c1ccc(Cl)cc1. The molecule has 1 atom stereocenters. The maximum absolute atomic E-state index is 13.0. The molecule has 2 heterocycles. The number of hydrogen-bond donors (Lipinski definition) is 0. The van der Waals surface area contributed by atoms with Gasteiger partial charge in [0, 0.05) is 21.5 Å². The number of aryl methyl sites for hydroxylation is 1. The Hall–Kier alpha value is -1.84. The van der Waals surface area contributed by atoms with Crippen LogP contribution in [0.25, 0.3) is 31.4 Å². The molecule has 0 aliphatic heterocycles. The fourth-order valence-electron chi connectivity index (χ4n) is 3.58. The Morgan fingerprint density at radius 3 is 2.42 bits per heavy atom. The van der Waals surface area contributed by atoms with E-state index in [0.29, 0.717) is 5.02 Å². The van der Waals surface area contributed by atoms with E-state index in [1.807, 2.05) is 63.4 Å². The number of ether oxygens (including phenoxy) is 2. The number of benzene rings is 2. The van der Waals surface area contributed by atoms with Crippen LogP contribution in [0.3, 0.4) is 0 Å². The van der Waals surface area contributed by atoms with Crippen LogP contribution in [0, 0.1) is 6.92 Å². The van der Waals surface area contributed by atoms with Crippen molar-refractivity contribution in [3.8, 4) is 21.1 Å². The van der Waals surface area contributed by atoms with Crippen molar-refractivity contribution in [3.05, 3.63) is 56.5 Å². The first kappa shape index (κ1) is 24.3. The van der Waals surface area contributed by atoms with Gasteiger partial charge in [-0.05, 0) is 73.0 Å². The van der Waals surface area contributed by atoms with Crippen molar-refractivity contribution < 1.29 is 14.3 Å². The molecule has 4 aromatic rings. The van der Waals surface area contributed by atoms with Crippen LogP contribution in [0.2, 0.25) is 5.02 Å². The second-order valence-corrected chi connectivity index (χ2v) is 11.6. The Bertz CT molecular complexity index is 1330. The number of esters is 1. The van der Waals surface area contributed by atoms with Gasteiger partial charge in [0.25, 0.3) is 0 Å². The topological polar surface area (TPSA) is 61.3 Å². The molecule has 0 aliphatic carbocycles. The smallest absolute Gasteiger partial charge is 0.339 e. The zero-order valence-corrected chi connectivity index (χ0v) is 22.7. The van der Waals surface area contributed by atoms with E-state index < -0.39 is 17.7 Å². The van der Waals surface area contributed by atoms with Gasteiger partial charge in [-0.2, -0.15) is 0 Å². The first-order valence-corrected chi connectivity index (χ1v) is 13.0. The van der Waals surface area contributed by atoms with Gasteiger partial charge in [0.05, 0.1) is 22.9 Å². The van der Waals surface area contributed by atoms with Gasteiger partial charge >= 0.3 is 5.97 Å². The maximum atomic E-state index is 13.0. The summed E-state index contributed by atoms with van der Waals surface area (Å²) in [7, 11) is 1.38. The lowest BCUT2D eigenvalue weighted by molar-refractivity contribution is -0.164. The summed E-state index contributed by atoms with van der Waals surface area (Å²) in [6, 6.07) is 9.57. The van der Waals surface area contributed by atoms with Crippen molar-refractivity contribution in [1.29, 1.82) is 0 Å². The molecule has 0 spiro atoms. The lowest BCUT2D eigenvalue weighted by Crippen LogP contribution is -2.29. The molecule has 33 heavy (non-hydrogen) atoms. The van der Waals surface area contributed by atoms with Crippen molar-refractivity contribution in [2.24, 2.45) is 0 Å². The highest BCUT2D eigenvalue weighted by Gasteiger charge is 2.33. The van der Waals surface area contributed by atoms with Crippen LogP contribution >= 0.6 is 50.2 Å². The predicted molar refractivity (Wildman–Crippen MR) is 139 cm³/mol. The molecule has 2 aromatic carbocycles. The van der Waals surface area contributed by atoms with Crippen molar-refractivity contribution >= 4 is 66.4 Å². The number of carbonyl (C=O) groups is 1. The Labute approximate surface area is 213 Å². The summed E-state index contributed by atoms with van der Waals surface area (Å²) in [5, 5.41) is 4.22. The van der Waals surface area contributed by atoms with E-state index in [9.17, 15) is 4.79 Å². The number of methoxy groups -OCH3 is 1. The van der Waals surface area contributed by atoms with Crippen LogP contribution < -0.4 is 0 Å². The molecule has 0 fully saturated rings. The molecular formula is C24H22BrClN2O3S2. The van der Waals surface area contributed by atoms with Gasteiger partial charge in [-0.25, -0.2) is 14.8 Å². The summed E-state index contributed by atoms with van der Waals surface area (Å²) in [5.41, 5.74) is 3.74. The second-order valence-electron chi connectivity index (χ2n) is 8.47. The molecular weight excluding hydrogens is 544 g/mol. The largest absolute Gasteiger partial charge is 0.467 e. The van der Waals surface area contributed by atoms with Gasteiger partial charge in [0.15, 0.2) is 16.1 Å². The summed E-state index contributed by atoms with van der Waals surface area (Å²) in [6.07, 6.45) is -0.898. The van der Waals surface area contributed by atoms with Crippen LogP contribution in [0.1, 0.15) is 38.0 Å². The molecule has 0 saturated heterocycles. The van der Waals surface area contributed by atoms with Gasteiger partial charge in [-0.1, -0.05) is 23.7 Å². The third-order valence-electron chi connectivity index (χ3n) is 4.87. The van der Waals surface area contributed by atoms with Gasteiger partial charge in [0.2, 0.25) is 0 Å². The summed E-state index contributed by atoms with van der Waals surface area (Å²) in [6.45, 7) is 7.73. The average Bonchev–Trinajstić information content (AvgIpc) is 3.36. The maximum Gasteiger partial charge on any atom is 0.339 e. The van der Waals surface area contributed by atoms with Crippen LogP contribution in [0.5, 0.6) is 0 Å². The Kier molecular flexibility index (Phi) is 6.94. The molecule has 2 aromatic heterocycles. The quantitative estimate of drug-likeness (QED) is 0.231. The summed E-state index contributed by atoms with van der Waals surface area (Å²) >= 11 is 12.7. The number of aromatic nitrogens is 2. The van der Waals surface area contributed by atoms with Gasteiger partial charge in [-0.15, -0.1) is 22.7 Å². The minimum absolute atomic E-state index is 0.448. The van der Waals surface area contributed by atoms with Crippen molar-refractivity contribution in [1.82, 2.24) is 9.97 Å². The van der Waals surface area contributed by atoms with Crippen LogP contribution in [-0.4, -0.2) is 28.6 Å². The highest BCUT2D eigenvalue weighted by Crippen LogP contribution is 2.45. The van der Waals surface area contributed by atoms with Gasteiger partial charge in [0.1, 0.15) is 4.60 Å². The predicted octanol–water partition coefficient (Wildman–Crippen LogP) is 7.84. The molecule has 0 bridgehead atoms. The van der Waals surface area contributed by atoms with E-state index in [1.54, 1.807) is 11.3 Å². The minimum atomic E-state index is -0.898. The highest BCUT2D eigenvalue weighted by atomic mass is 79.9. The van der Waals surface area contributed by atoms with E-state index >= 15 is 0 Å². The van der Waals surface area contributed by atoms with Crippen LogP contribution in [-0.2, 0) is 14.3 Å². The van der Waals surface area contributed by atoms with Crippen molar-refractivity contribution in [3.63, 3.8) is 0 Å². The normalized spacial score (nSPS) is 12.8. The average molecular weight is 566 g/mol. The Morgan fingerprint density at radius 1 is 1.15 bits per heavy atom. The second kappa shape index (κ2) is 9.43. The van der Waals surface area contributed by atoms with E-state index in [2.05, 4.69) is 20.9 Å². The number of hydrogen-bond acceptors (Lipinski definition) is 7. The highest BCUT2D eigenvalue weighted by molar-refractivity contribution is 9.10.